The second-order valence-electron chi connectivity index (χ2n) is 4.46. The Kier molecular flexibility index (Phi) is 5.06. The molecule has 0 aliphatic heterocycles. The largest absolute Gasteiger partial charge is 0.465 e. The minimum Gasteiger partial charge on any atom is -0.465 e. The topological polar surface area (TPSA) is 79.3 Å². The lowest BCUT2D eigenvalue weighted by Crippen LogP contribution is -2.28. The van der Waals surface area contributed by atoms with Gasteiger partial charge < -0.3 is 15.2 Å². The molecule has 0 bridgehead atoms. The van der Waals surface area contributed by atoms with Gasteiger partial charge in [0.1, 0.15) is 12.0 Å². The van der Waals surface area contributed by atoms with Crippen molar-refractivity contribution >= 4 is 24.0 Å². The van der Waals surface area contributed by atoms with Crippen LogP contribution in [0.3, 0.4) is 0 Å². The molecule has 0 aliphatic rings. The summed E-state index contributed by atoms with van der Waals surface area (Å²) in [6, 6.07) is 7.78. The van der Waals surface area contributed by atoms with E-state index in [9.17, 15) is 14.0 Å². The van der Waals surface area contributed by atoms with Gasteiger partial charge in [0.05, 0.1) is 11.1 Å². The first-order chi connectivity index (χ1) is 10.5. The highest BCUT2D eigenvalue weighted by Crippen LogP contribution is 2.32. The number of benzene rings is 1. The minimum absolute atomic E-state index is 0.167. The van der Waals surface area contributed by atoms with E-state index >= 15 is 0 Å². The van der Waals surface area contributed by atoms with Crippen molar-refractivity contribution in [1.29, 1.82) is 0 Å². The Morgan fingerprint density at radius 2 is 2.09 bits per heavy atom. The third-order valence-corrected chi connectivity index (χ3v) is 3.40. The van der Waals surface area contributed by atoms with E-state index in [0.717, 1.165) is 0 Å². The van der Waals surface area contributed by atoms with E-state index in [1.54, 1.807) is 24.3 Å². The summed E-state index contributed by atoms with van der Waals surface area (Å²) in [7, 11) is 0. The van der Waals surface area contributed by atoms with Crippen LogP contribution in [0.1, 0.15) is 18.2 Å². The number of pyridine rings is 1. The number of hydrogen-bond acceptors (Lipinski definition) is 3. The van der Waals surface area contributed by atoms with E-state index in [4.69, 9.17) is 16.7 Å². The molecule has 1 atom stereocenters. The van der Waals surface area contributed by atoms with Crippen molar-refractivity contribution < 1.29 is 19.1 Å². The van der Waals surface area contributed by atoms with Crippen LogP contribution in [0.2, 0.25) is 5.02 Å². The van der Waals surface area contributed by atoms with Gasteiger partial charge in [-0.2, -0.15) is 0 Å². The molecule has 22 heavy (non-hydrogen) atoms. The van der Waals surface area contributed by atoms with E-state index in [0.29, 0.717) is 17.4 Å². The number of nitrogens with zero attached hydrogens (tertiary/aromatic N) is 1. The zero-order chi connectivity index (χ0) is 16.1. The molecule has 1 aromatic carbocycles. The molecular formula is C15H12ClFN2O3. The number of carboxylic acid groups (broad SMARTS) is 1. The second-order valence-corrected chi connectivity index (χ2v) is 4.83. The van der Waals surface area contributed by atoms with Gasteiger partial charge in [0.2, 0.25) is 0 Å². The number of nitrogens with one attached hydrogen (secondary N) is 1. The number of aldehydes is 1. The number of carbonyl (C=O) groups excluding carboxylic acids is 1. The highest BCUT2D eigenvalue weighted by atomic mass is 35.5. The Labute approximate surface area is 130 Å². The van der Waals surface area contributed by atoms with Crippen LogP contribution in [-0.4, -0.2) is 22.5 Å². The zero-order valence-corrected chi connectivity index (χ0v) is 12.0. The summed E-state index contributed by atoms with van der Waals surface area (Å²) < 4.78 is 14.4. The van der Waals surface area contributed by atoms with Crippen LogP contribution < -0.4 is 5.32 Å². The van der Waals surface area contributed by atoms with Crippen LogP contribution in [0.4, 0.5) is 9.18 Å². The SMILES string of the molecule is O=CCC(NC(=O)O)c1ncc(-c2ccccc2)c(Cl)c1F. The van der Waals surface area contributed by atoms with Crippen LogP contribution >= 0.6 is 11.6 Å². The fraction of sp³-hybridized carbons (Fsp3) is 0.133. The van der Waals surface area contributed by atoms with Gasteiger partial charge >= 0.3 is 6.09 Å². The van der Waals surface area contributed by atoms with E-state index in [-0.39, 0.29) is 17.1 Å². The first kappa shape index (κ1) is 15.9. The summed E-state index contributed by atoms with van der Waals surface area (Å²) in [6.07, 6.45) is 0.228. The predicted octanol–water partition coefficient (Wildman–Crippen LogP) is 3.44. The summed E-state index contributed by atoms with van der Waals surface area (Å²) in [4.78, 5) is 25.3. The maximum atomic E-state index is 14.4. The minimum atomic E-state index is -1.38. The molecule has 1 unspecified atom stereocenters. The Morgan fingerprint density at radius 1 is 1.41 bits per heavy atom. The molecule has 1 amide bonds. The fourth-order valence-corrected chi connectivity index (χ4v) is 2.28. The number of carbonyl (C=O) groups is 2. The lowest BCUT2D eigenvalue weighted by atomic mass is 10.0. The van der Waals surface area contributed by atoms with Crippen molar-refractivity contribution in [2.45, 2.75) is 12.5 Å². The first-order valence-electron chi connectivity index (χ1n) is 6.37. The van der Waals surface area contributed by atoms with Crippen molar-refractivity contribution in [3.05, 3.63) is 53.1 Å². The normalized spacial score (nSPS) is 11.7. The van der Waals surface area contributed by atoms with Gasteiger partial charge in [-0.05, 0) is 5.56 Å². The molecule has 5 nitrogen and oxygen atoms in total. The van der Waals surface area contributed by atoms with Crippen LogP contribution in [0.15, 0.2) is 36.5 Å². The maximum Gasteiger partial charge on any atom is 0.405 e. The lowest BCUT2D eigenvalue weighted by molar-refractivity contribution is -0.108. The van der Waals surface area contributed by atoms with Crippen LogP contribution in [0, 0.1) is 5.82 Å². The molecule has 0 aliphatic carbocycles. The molecule has 1 heterocycles. The Hall–Kier alpha value is -2.47. The average molecular weight is 323 g/mol. The van der Waals surface area contributed by atoms with Crippen molar-refractivity contribution in [1.82, 2.24) is 10.3 Å². The molecule has 0 saturated heterocycles. The van der Waals surface area contributed by atoms with Gasteiger partial charge in [-0.3, -0.25) is 4.98 Å². The zero-order valence-electron chi connectivity index (χ0n) is 11.3. The van der Waals surface area contributed by atoms with E-state index in [2.05, 4.69) is 4.98 Å². The van der Waals surface area contributed by atoms with Crippen molar-refractivity contribution in [2.24, 2.45) is 0 Å². The molecule has 1 aromatic heterocycles. The summed E-state index contributed by atoms with van der Waals surface area (Å²) in [5.74, 6) is -0.844. The standard InChI is InChI=1S/C15H12ClFN2O3/c16-12-10(9-4-2-1-3-5-9)8-18-14(13(12)17)11(6-7-20)19-15(21)22/h1-5,7-8,11,19H,6H2,(H,21,22). The quantitative estimate of drug-likeness (QED) is 0.826. The van der Waals surface area contributed by atoms with Crippen molar-refractivity contribution in [3.63, 3.8) is 0 Å². The Morgan fingerprint density at radius 3 is 2.68 bits per heavy atom. The molecule has 0 radical (unpaired) electrons. The van der Waals surface area contributed by atoms with Gasteiger partial charge in [-0.25, -0.2) is 9.18 Å². The number of aromatic nitrogens is 1. The highest BCUT2D eigenvalue weighted by molar-refractivity contribution is 6.33. The van der Waals surface area contributed by atoms with Crippen LogP contribution in [0.5, 0.6) is 0 Å². The Bertz CT molecular complexity index is 695. The molecule has 114 valence electrons. The highest BCUT2D eigenvalue weighted by Gasteiger charge is 2.23. The van der Waals surface area contributed by atoms with Crippen LogP contribution in [-0.2, 0) is 4.79 Å². The third-order valence-electron chi connectivity index (χ3n) is 3.03. The van der Waals surface area contributed by atoms with Crippen LogP contribution in [0.25, 0.3) is 11.1 Å². The molecule has 2 aromatic rings. The molecule has 2 N–H and O–H groups in total. The van der Waals surface area contributed by atoms with Crippen molar-refractivity contribution in [2.75, 3.05) is 0 Å². The molecular weight excluding hydrogens is 311 g/mol. The van der Waals surface area contributed by atoms with E-state index in [1.165, 1.54) is 6.20 Å². The molecule has 0 spiro atoms. The Balaban J connectivity index is 2.45. The summed E-state index contributed by atoms with van der Waals surface area (Å²) >= 11 is 6.04. The molecule has 0 saturated carbocycles. The van der Waals surface area contributed by atoms with Crippen molar-refractivity contribution in [3.8, 4) is 11.1 Å². The van der Waals surface area contributed by atoms with E-state index in [1.807, 2.05) is 11.4 Å². The fourth-order valence-electron chi connectivity index (χ4n) is 2.02. The smallest absolute Gasteiger partial charge is 0.405 e. The average Bonchev–Trinajstić information content (AvgIpc) is 2.50. The number of hydrogen-bond donors (Lipinski definition) is 2. The number of halogens is 2. The van der Waals surface area contributed by atoms with Gasteiger partial charge in [-0.1, -0.05) is 41.9 Å². The summed E-state index contributed by atoms with van der Waals surface area (Å²) in [5.41, 5.74) is 0.867. The molecule has 2 rings (SSSR count). The molecule has 0 fully saturated rings. The molecule has 7 heteroatoms. The summed E-state index contributed by atoms with van der Waals surface area (Å²) in [6.45, 7) is 0. The van der Waals surface area contributed by atoms with Gasteiger partial charge in [0.15, 0.2) is 5.82 Å². The summed E-state index contributed by atoms with van der Waals surface area (Å²) in [5, 5.41) is 10.6. The van der Waals surface area contributed by atoms with Gasteiger partial charge in [-0.15, -0.1) is 0 Å². The lowest BCUT2D eigenvalue weighted by Gasteiger charge is -2.16. The maximum absolute atomic E-state index is 14.4. The first-order valence-corrected chi connectivity index (χ1v) is 6.74. The second kappa shape index (κ2) is 7.00. The van der Waals surface area contributed by atoms with Gasteiger partial charge in [0, 0.05) is 18.2 Å². The van der Waals surface area contributed by atoms with Gasteiger partial charge in [0.25, 0.3) is 0 Å². The predicted molar refractivity (Wildman–Crippen MR) is 79.2 cm³/mol. The van der Waals surface area contributed by atoms with E-state index < -0.39 is 18.0 Å². The monoisotopic (exact) mass is 322 g/mol. The number of rotatable bonds is 5. The third kappa shape index (κ3) is 3.40. The number of amides is 1.